The minimum atomic E-state index is 0.0481. The van der Waals surface area contributed by atoms with Crippen LogP contribution in [0.5, 0.6) is 0 Å². The second-order valence-electron chi connectivity index (χ2n) is 3.00. The number of amides is 1. The van der Waals surface area contributed by atoms with Gasteiger partial charge in [-0.1, -0.05) is 13.8 Å². The highest BCUT2D eigenvalue weighted by Gasteiger charge is 2.01. The minimum absolute atomic E-state index is 0.0481. The Labute approximate surface area is 73.5 Å². The van der Waals surface area contributed by atoms with Gasteiger partial charge in [-0.2, -0.15) is 0 Å². The lowest BCUT2D eigenvalue weighted by molar-refractivity contribution is -0.121. The molecule has 0 aromatic heterocycles. The molecular formula is C9H17NO2. The molecule has 0 bridgehead atoms. The summed E-state index contributed by atoms with van der Waals surface area (Å²) >= 11 is 0. The number of nitrogens with one attached hydrogen (secondary N) is 1. The van der Waals surface area contributed by atoms with E-state index in [1.165, 1.54) is 0 Å². The van der Waals surface area contributed by atoms with Gasteiger partial charge in [-0.3, -0.25) is 4.79 Å². The molecule has 0 aromatic carbocycles. The molecule has 0 aromatic rings. The van der Waals surface area contributed by atoms with E-state index in [9.17, 15) is 9.59 Å². The highest BCUT2D eigenvalue weighted by Crippen LogP contribution is 1.95. The van der Waals surface area contributed by atoms with E-state index in [-0.39, 0.29) is 11.8 Å². The van der Waals surface area contributed by atoms with Crippen molar-refractivity contribution in [1.29, 1.82) is 0 Å². The topological polar surface area (TPSA) is 46.2 Å². The number of carbonyl (C=O) groups excluding carboxylic acids is 2. The molecule has 3 nitrogen and oxygen atoms in total. The Morgan fingerprint density at radius 1 is 1.58 bits per heavy atom. The van der Waals surface area contributed by atoms with Gasteiger partial charge in [0.2, 0.25) is 5.91 Å². The van der Waals surface area contributed by atoms with Crippen LogP contribution in [0.25, 0.3) is 0 Å². The molecule has 12 heavy (non-hydrogen) atoms. The van der Waals surface area contributed by atoms with E-state index in [2.05, 4.69) is 5.32 Å². The Kier molecular flexibility index (Phi) is 6.34. The van der Waals surface area contributed by atoms with Crippen LogP contribution >= 0.6 is 0 Å². The zero-order chi connectivity index (χ0) is 9.40. The van der Waals surface area contributed by atoms with E-state index < -0.39 is 0 Å². The monoisotopic (exact) mass is 171 g/mol. The molecule has 1 amide bonds. The van der Waals surface area contributed by atoms with Crippen molar-refractivity contribution < 1.29 is 9.59 Å². The standard InChI is InChI=1S/C9H17NO2/c1-3-4-9(12)10-6-5-8(2)7-11/h7-8H,3-6H2,1-2H3,(H,10,12). The van der Waals surface area contributed by atoms with E-state index in [0.717, 1.165) is 19.1 Å². The predicted octanol–water partition coefficient (Wildman–Crippen LogP) is 1.13. The van der Waals surface area contributed by atoms with Gasteiger partial charge in [-0.25, -0.2) is 0 Å². The SMILES string of the molecule is CCCC(=O)NCCC(C)C=O. The molecular weight excluding hydrogens is 154 g/mol. The van der Waals surface area contributed by atoms with Crippen molar-refractivity contribution in [2.45, 2.75) is 33.1 Å². The van der Waals surface area contributed by atoms with Crippen molar-refractivity contribution in [2.24, 2.45) is 5.92 Å². The summed E-state index contributed by atoms with van der Waals surface area (Å²) in [5.74, 6) is 0.127. The summed E-state index contributed by atoms with van der Waals surface area (Å²) in [7, 11) is 0. The Balaban J connectivity index is 3.30. The van der Waals surface area contributed by atoms with E-state index >= 15 is 0 Å². The van der Waals surface area contributed by atoms with Crippen LogP contribution in [0.1, 0.15) is 33.1 Å². The van der Waals surface area contributed by atoms with E-state index in [1.54, 1.807) is 0 Å². The third-order valence-electron chi connectivity index (χ3n) is 1.63. The zero-order valence-corrected chi connectivity index (χ0v) is 7.80. The summed E-state index contributed by atoms with van der Waals surface area (Å²) in [6.07, 6.45) is 3.09. The maximum absolute atomic E-state index is 10.9. The lowest BCUT2D eigenvalue weighted by Gasteiger charge is -2.05. The van der Waals surface area contributed by atoms with Crippen molar-refractivity contribution in [3.63, 3.8) is 0 Å². The lowest BCUT2D eigenvalue weighted by Crippen LogP contribution is -2.25. The van der Waals surface area contributed by atoms with E-state index in [4.69, 9.17) is 0 Å². The first-order valence-corrected chi connectivity index (χ1v) is 4.42. The number of rotatable bonds is 6. The van der Waals surface area contributed by atoms with E-state index in [0.29, 0.717) is 13.0 Å². The van der Waals surface area contributed by atoms with Crippen molar-refractivity contribution in [3.05, 3.63) is 0 Å². The molecule has 0 aliphatic heterocycles. The molecule has 0 saturated carbocycles. The highest BCUT2D eigenvalue weighted by molar-refractivity contribution is 5.75. The third-order valence-corrected chi connectivity index (χ3v) is 1.63. The number of carbonyl (C=O) groups is 2. The van der Waals surface area contributed by atoms with Gasteiger partial charge in [0, 0.05) is 18.9 Å². The number of hydrogen-bond donors (Lipinski definition) is 1. The van der Waals surface area contributed by atoms with Crippen LogP contribution in [-0.4, -0.2) is 18.7 Å². The number of aldehydes is 1. The summed E-state index contributed by atoms with van der Waals surface area (Å²) in [5.41, 5.74) is 0. The first kappa shape index (κ1) is 11.1. The molecule has 0 aliphatic rings. The second kappa shape index (κ2) is 6.83. The molecule has 0 heterocycles. The smallest absolute Gasteiger partial charge is 0.219 e. The van der Waals surface area contributed by atoms with Gasteiger partial charge < -0.3 is 10.1 Å². The maximum atomic E-state index is 10.9. The quantitative estimate of drug-likeness (QED) is 0.609. The van der Waals surface area contributed by atoms with Gasteiger partial charge in [-0.05, 0) is 12.8 Å². The van der Waals surface area contributed by atoms with Crippen molar-refractivity contribution in [2.75, 3.05) is 6.54 Å². The molecule has 3 heteroatoms. The summed E-state index contributed by atoms with van der Waals surface area (Å²) in [4.78, 5) is 21.1. The summed E-state index contributed by atoms with van der Waals surface area (Å²) < 4.78 is 0. The molecule has 0 saturated heterocycles. The lowest BCUT2D eigenvalue weighted by atomic mass is 10.1. The van der Waals surface area contributed by atoms with Crippen LogP contribution in [-0.2, 0) is 9.59 Å². The third kappa shape index (κ3) is 5.89. The molecule has 0 rings (SSSR count). The minimum Gasteiger partial charge on any atom is -0.356 e. The molecule has 1 N–H and O–H groups in total. The fourth-order valence-corrected chi connectivity index (χ4v) is 0.823. The van der Waals surface area contributed by atoms with Crippen LogP contribution in [0.15, 0.2) is 0 Å². The molecule has 0 fully saturated rings. The van der Waals surface area contributed by atoms with Crippen molar-refractivity contribution in [3.8, 4) is 0 Å². The number of hydrogen-bond acceptors (Lipinski definition) is 2. The molecule has 1 unspecified atom stereocenters. The van der Waals surface area contributed by atoms with Gasteiger partial charge in [-0.15, -0.1) is 0 Å². The van der Waals surface area contributed by atoms with Crippen LogP contribution < -0.4 is 5.32 Å². The molecule has 70 valence electrons. The van der Waals surface area contributed by atoms with Gasteiger partial charge in [0.1, 0.15) is 6.29 Å². The van der Waals surface area contributed by atoms with Gasteiger partial charge in [0.25, 0.3) is 0 Å². The van der Waals surface area contributed by atoms with Crippen molar-refractivity contribution >= 4 is 12.2 Å². The van der Waals surface area contributed by atoms with E-state index in [1.807, 2.05) is 13.8 Å². The van der Waals surface area contributed by atoms with Crippen molar-refractivity contribution in [1.82, 2.24) is 5.32 Å². The largest absolute Gasteiger partial charge is 0.356 e. The Morgan fingerprint density at radius 2 is 2.25 bits per heavy atom. The van der Waals surface area contributed by atoms with Gasteiger partial charge in [0.05, 0.1) is 0 Å². The average Bonchev–Trinajstić information content (AvgIpc) is 2.04. The molecule has 1 atom stereocenters. The fraction of sp³-hybridized carbons (Fsp3) is 0.778. The fourth-order valence-electron chi connectivity index (χ4n) is 0.823. The van der Waals surface area contributed by atoms with Crippen LogP contribution in [0.4, 0.5) is 0 Å². The Hall–Kier alpha value is -0.860. The summed E-state index contributed by atoms with van der Waals surface area (Å²) in [6, 6.07) is 0. The summed E-state index contributed by atoms with van der Waals surface area (Å²) in [5, 5.41) is 2.75. The van der Waals surface area contributed by atoms with Crippen LogP contribution in [0, 0.1) is 5.92 Å². The predicted molar refractivity (Wildman–Crippen MR) is 47.8 cm³/mol. The first-order valence-electron chi connectivity index (χ1n) is 4.42. The highest BCUT2D eigenvalue weighted by atomic mass is 16.1. The normalized spacial score (nSPS) is 12.2. The molecule has 0 spiro atoms. The molecule has 0 radical (unpaired) electrons. The zero-order valence-electron chi connectivity index (χ0n) is 7.80. The summed E-state index contributed by atoms with van der Waals surface area (Å²) in [6.45, 7) is 4.42. The van der Waals surface area contributed by atoms with Gasteiger partial charge in [0.15, 0.2) is 0 Å². The first-order chi connectivity index (χ1) is 5.70. The van der Waals surface area contributed by atoms with Crippen LogP contribution in [0.3, 0.4) is 0 Å². The van der Waals surface area contributed by atoms with Crippen LogP contribution in [0.2, 0.25) is 0 Å². The Bertz CT molecular complexity index is 145. The van der Waals surface area contributed by atoms with Gasteiger partial charge >= 0.3 is 0 Å². The molecule has 0 aliphatic carbocycles. The second-order valence-corrected chi connectivity index (χ2v) is 3.00. The average molecular weight is 171 g/mol. The Morgan fingerprint density at radius 3 is 2.75 bits per heavy atom. The maximum Gasteiger partial charge on any atom is 0.219 e.